The van der Waals surface area contributed by atoms with Crippen molar-refractivity contribution in [2.45, 2.75) is 44.3 Å². The molecule has 0 fully saturated rings. The number of nitrogens with one attached hydrogen (secondary N) is 1. The van der Waals surface area contributed by atoms with E-state index in [1.165, 1.54) is 7.11 Å². The van der Waals surface area contributed by atoms with E-state index < -0.39 is 16.5 Å². The Bertz CT molecular complexity index is 1170. The van der Waals surface area contributed by atoms with Crippen molar-refractivity contribution >= 4 is 46.7 Å². The molecular weight excluding hydrogens is 500 g/mol. The van der Waals surface area contributed by atoms with E-state index in [9.17, 15) is 18.8 Å². The molecule has 0 saturated carbocycles. The van der Waals surface area contributed by atoms with Crippen molar-refractivity contribution in [1.29, 1.82) is 0 Å². The number of hydrogen-bond acceptors (Lipinski definition) is 6. The van der Waals surface area contributed by atoms with Gasteiger partial charge >= 0.3 is 16.5 Å². The molecule has 0 aromatic heterocycles. The lowest BCUT2D eigenvalue weighted by Crippen LogP contribution is -2.29. The first-order valence-corrected chi connectivity index (χ1v) is 11.5. The van der Waals surface area contributed by atoms with Crippen molar-refractivity contribution in [3.05, 3.63) is 64.2 Å². The molecule has 186 valence electrons. The van der Waals surface area contributed by atoms with Crippen LogP contribution in [-0.2, 0) is 27.4 Å². The highest BCUT2D eigenvalue weighted by atomic mass is 35.5. The number of ether oxygens (including phenoxy) is 3. The summed E-state index contributed by atoms with van der Waals surface area (Å²) in [6.45, 7) is 3.58. The van der Waals surface area contributed by atoms with Gasteiger partial charge in [0, 0.05) is 17.5 Å². The summed E-state index contributed by atoms with van der Waals surface area (Å²) in [5.41, 5.74) is 2.56. The van der Waals surface area contributed by atoms with Gasteiger partial charge in [0.25, 0.3) is 5.91 Å². The van der Waals surface area contributed by atoms with E-state index in [1.54, 1.807) is 31.2 Å². The largest absolute Gasteiger partial charge is 0.496 e. The van der Waals surface area contributed by atoms with Crippen molar-refractivity contribution in [3.63, 3.8) is 0 Å². The standard InChI is InChI=1S/C25H24Cl2FNO6/c1-14(10-12-19(30)35-16-7-5-4-6-8-16)9-11-17-21(29-24(32)25(26,27)28)20-18(13-34-23(20)31)15(2)22(17)33-3/h4-9H,10-13H2,1-3H3,(H,29,32)/b14-9+. The van der Waals surface area contributed by atoms with Gasteiger partial charge in [0.15, 0.2) is 0 Å². The topological polar surface area (TPSA) is 90.9 Å². The van der Waals surface area contributed by atoms with E-state index in [2.05, 4.69) is 5.32 Å². The predicted octanol–water partition coefficient (Wildman–Crippen LogP) is 5.59. The molecule has 3 rings (SSSR count). The molecule has 0 bridgehead atoms. The minimum Gasteiger partial charge on any atom is -0.496 e. The third-order valence-electron chi connectivity index (χ3n) is 5.53. The van der Waals surface area contributed by atoms with Crippen LogP contribution in [0.15, 0.2) is 42.0 Å². The molecule has 1 heterocycles. The number of benzene rings is 2. The van der Waals surface area contributed by atoms with Gasteiger partial charge in [0.1, 0.15) is 18.1 Å². The highest BCUT2D eigenvalue weighted by molar-refractivity contribution is 6.57. The normalized spacial score (nSPS) is 13.2. The highest BCUT2D eigenvalue weighted by Crippen LogP contribution is 2.42. The molecule has 2 aromatic carbocycles. The molecule has 7 nitrogen and oxygen atoms in total. The average Bonchev–Trinajstić information content (AvgIpc) is 3.20. The number of fused-ring (bicyclic) bond motifs is 1. The summed E-state index contributed by atoms with van der Waals surface area (Å²) in [5, 5.41) is 2.32. The number of anilines is 1. The summed E-state index contributed by atoms with van der Waals surface area (Å²) in [5.74, 6) is -1.53. The van der Waals surface area contributed by atoms with Gasteiger partial charge in [-0.15, -0.1) is 0 Å². The zero-order chi connectivity index (χ0) is 25.8. The molecule has 1 amide bonds. The van der Waals surface area contributed by atoms with Gasteiger partial charge in [0.2, 0.25) is 0 Å². The van der Waals surface area contributed by atoms with E-state index in [0.717, 1.165) is 5.57 Å². The van der Waals surface area contributed by atoms with Gasteiger partial charge in [0.05, 0.1) is 18.4 Å². The molecule has 1 aliphatic heterocycles. The van der Waals surface area contributed by atoms with Crippen molar-refractivity contribution < 1.29 is 33.0 Å². The molecule has 2 aromatic rings. The average molecular weight is 524 g/mol. The maximum absolute atomic E-state index is 13.9. The third kappa shape index (κ3) is 6.32. The molecule has 0 radical (unpaired) electrons. The first-order chi connectivity index (χ1) is 16.5. The number of cyclic esters (lactones) is 1. The second-order valence-corrected chi connectivity index (χ2v) is 9.17. The molecule has 1 N–H and O–H groups in total. The number of carbonyl (C=O) groups is 3. The lowest BCUT2D eigenvalue weighted by molar-refractivity contribution is -0.134. The monoisotopic (exact) mass is 523 g/mol. The molecule has 0 saturated heterocycles. The summed E-state index contributed by atoms with van der Waals surface area (Å²) >= 11 is 10.6. The fourth-order valence-electron chi connectivity index (χ4n) is 3.72. The number of amides is 1. The summed E-state index contributed by atoms with van der Waals surface area (Å²) in [4.78, 5) is 36.8. The van der Waals surface area contributed by atoms with Crippen LogP contribution in [0, 0.1) is 6.92 Å². The predicted molar refractivity (Wildman–Crippen MR) is 130 cm³/mol. The maximum Gasteiger partial charge on any atom is 0.341 e. The zero-order valence-corrected chi connectivity index (χ0v) is 20.9. The van der Waals surface area contributed by atoms with Crippen LogP contribution < -0.4 is 14.8 Å². The zero-order valence-electron chi connectivity index (χ0n) is 19.4. The molecule has 0 spiro atoms. The van der Waals surface area contributed by atoms with Crippen LogP contribution in [0.4, 0.5) is 10.1 Å². The van der Waals surface area contributed by atoms with Crippen molar-refractivity contribution in [1.82, 2.24) is 0 Å². The van der Waals surface area contributed by atoms with Gasteiger partial charge in [-0.05, 0) is 44.4 Å². The van der Waals surface area contributed by atoms with Gasteiger partial charge in [-0.1, -0.05) is 53.1 Å². The van der Waals surface area contributed by atoms with Gasteiger partial charge in [-0.25, -0.2) is 4.79 Å². The maximum atomic E-state index is 13.9. The fraction of sp³-hybridized carbons (Fsp3) is 0.320. The Labute approximate surface area is 212 Å². The van der Waals surface area contributed by atoms with E-state index in [0.29, 0.717) is 34.6 Å². The first kappa shape index (κ1) is 26.5. The first-order valence-electron chi connectivity index (χ1n) is 10.7. The number of halogens is 3. The van der Waals surface area contributed by atoms with E-state index in [1.807, 2.05) is 19.1 Å². The van der Waals surface area contributed by atoms with Crippen LogP contribution in [0.5, 0.6) is 11.5 Å². The number of allylic oxidation sites excluding steroid dienone is 2. The van der Waals surface area contributed by atoms with E-state index >= 15 is 0 Å². The molecule has 0 unspecified atom stereocenters. The molecule has 10 heteroatoms. The Morgan fingerprint density at radius 1 is 1.23 bits per heavy atom. The molecule has 0 atom stereocenters. The van der Waals surface area contributed by atoms with Crippen molar-refractivity contribution in [2.75, 3.05) is 12.4 Å². The lowest BCUT2D eigenvalue weighted by atomic mass is 9.93. The number of esters is 2. The Hall–Kier alpha value is -3.10. The van der Waals surface area contributed by atoms with Crippen LogP contribution in [0.3, 0.4) is 0 Å². The Balaban J connectivity index is 1.85. The van der Waals surface area contributed by atoms with Crippen LogP contribution >= 0.6 is 23.2 Å². The van der Waals surface area contributed by atoms with Crippen molar-refractivity contribution in [3.8, 4) is 11.5 Å². The second kappa shape index (κ2) is 11.1. The smallest absolute Gasteiger partial charge is 0.341 e. The van der Waals surface area contributed by atoms with Gasteiger partial charge in [-0.2, -0.15) is 4.39 Å². The summed E-state index contributed by atoms with van der Waals surface area (Å²) in [6, 6.07) is 8.75. The summed E-state index contributed by atoms with van der Waals surface area (Å²) < 4.78 is 26.6. The SMILES string of the molecule is COc1c(C)c2c(c(NC(=O)C(F)(Cl)Cl)c1C/C=C(\C)CCC(=O)Oc1ccccc1)C(=O)OC2. The Kier molecular flexibility index (Phi) is 8.40. The number of rotatable bonds is 9. The third-order valence-corrected chi connectivity index (χ3v) is 5.87. The van der Waals surface area contributed by atoms with Crippen LogP contribution in [-0.4, -0.2) is 29.5 Å². The molecule has 35 heavy (non-hydrogen) atoms. The van der Waals surface area contributed by atoms with Gasteiger partial charge in [-0.3, -0.25) is 9.59 Å². The minimum absolute atomic E-state index is 0.0135. The van der Waals surface area contributed by atoms with Crippen LogP contribution in [0.2, 0.25) is 0 Å². The Morgan fingerprint density at radius 2 is 1.91 bits per heavy atom. The van der Waals surface area contributed by atoms with Gasteiger partial charge < -0.3 is 19.5 Å². The highest BCUT2D eigenvalue weighted by Gasteiger charge is 2.38. The van der Waals surface area contributed by atoms with Crippen molar-refractivity contribution in [2.24, 2.45) is 0 Å². The molecule has 1 aliphatic rings. The number of alkyl halides is 3. The van der Waals surface area contributed by atoms with Crippen LogP contribution in [0.25, 0.3) is 0 Å². The molecular formula is C25H24Cl2FNO6. The van der Waals surface area contributed by atoms with E-state index in [4.69, 9.17) is 37.4 Å². The minimum atomic E-state index is -3.21. The number of para-hydroxylation sites is 1. The molecule has 0 aliphatic carbocycles. The second-order valence-electron chi connectivity index (χ2n) is 7.94. The van der Waals surface area contributed by atoms with E-state index in [-0.39, 0.29) is 36.7 Å². The number of methoxy groups -OCH3 is 1. The summed E-state index contributed by atoms with van der Waals surface area (Å²) in [6.07, 6.45) is 2.58. The lowest BCUT2D eigenvalue weighted by Gasteiger charge is -2.20. The fourth-order valence-corrected chi connectivity index (χ4v) is 3.82. The summed E-state index contributed by atoms with van der Waals surface area (Å²) in [7, 11) is 1.44. The quantitative estimate of drug-likeness (QED) is 0.199. The number of carbonyl (C=O) groups excluding carboxylic acids is 3. The Morgan fingerprint density at radius 3 is 2.54 bits per heavy atom. The van der Waals surface area contributed by atoms with Crippen LogP contribution in [0.1, 0.15) is 46.8 Å². The number of hydrogen-bond donors (Lipinski definition) is 1.